The second-order valence-electron chi connectivity index (χ2n) is 8.51. The molecule has 11 heteroatoms. The van der Waals surface area contributed by atoms with Crippen LogP contribution in [0.4, 0.5) is 14.4 Å². The number of alkyl carbamates (subject to hydrolysis) is 2. The van der Waals surface area contributed by atoms with Crippen molar-refractivity contribution < 1.29 is 33.4 Å². The smallest absolute Gasteiger partial charge is 0.437 e. The molecule has 0 heterocycles. The fourth-order valence-corrected chi connectivity index (χ4v) is 1.95. The van der Waals surface area contributed by atoms with Crippen molar-refractivity contribution in [1.82, 2.24) is 16.1 Å². The van der Waals surface area contributed by atoms with Crippen LogP contribution in [0.3, 0.4) is 0 Å². The zero-order chi connectivity index (χ0) is 24.2. The first-order valence-corrected chi connectivity index (χ1v) is 9.98. The van der Waals surface area contributed by atoms with Gasteiger partial charge >= 0.3 is 18.3 Å². The van der Waals surface area contributed by atoms with Gasteiger partial charge in [0.05, 0.1) is 6.61 Å². The van der Waals surface area contributed by atoms with Crippen LogP contribution in [0.15, 0.2) is 35.3 Å². The van der Waals surface area contributed by atoms with E-state index in [4.69, 9.17) is 19.0 Å². The van der Waals surface area contributed by atoms with Crippen molar-refractivity contribution in [3.8, 4) is 0 Å². The first-order valence-electron chi connectivity index (χ1n) is 9.98. The number of carbonyl (C=O) groups excluding carboxylic acids is 3. The fraction of sp³-hybridized carbons (Fsp3) is 0.524. The van der Waals surface area contributed by atoms with Crippen molar-refractivity contribution in [2.45, 2.75) is 59.4 Å². The van der Waals surface area contributed by atoms with Crippen molar-refractivity contribution in [2.75, 3.05) is 13.2 Å². The van der Waals surface area contributed by atoms with E-state index in [0.29, 0.717) is 0 Å². The Balaban J connectivity index is 2.48. The van der Waals surface area contributed by atoms with Crippen LogP contribution in [0.25, 0.3) is 0 Å². The Labute approximate surface area is 187 Å². The lowest BCUT2D eigenvalue weighted by atomic mass is 10.2. The Morgan fingerprint density at radius 3 is 2.12 bits per heavy atom. The van der Waals surface area contributed by atoms with Crippen LogP contribution < -0.4 is 16.1 Å². The Morgan fingerprint density at radius 1 is 0.906 bits per heavy atom. The summed E-state index contributed by atoms with van der Waals surface area (Å²) in [6.45, 7) is 10.3. The van der Waals surface area contributed by atoms with E-state index in [9.17, 15) is 14.4 Å². The van der Waals surface area contributed by atoms with Crippen LogP contribution >= 0.6 is 0 Å². The Morgan fingerprint density at radius 2 is 1.53 bits per heavy atom. The standard InChI is InChI=1S/C21H32N4O7/c1-20(2,3)31-18(27)23-16(24-19(28)32-21(4,5)6)25-30-13-12-22-17(26)29-14-15-10-8-7-9-11-15/h7-11H,12-14H2,1-6H3,(H,22,26)(H2,23,24,25,27,28). The molecule has 0 radical (unpaired) electrons. The normalized spacial score (nSPS) is 11.9. The van der Waals surface area contributed by atoms with E-state index in [-0.39, 0.29) is 25.7 Å². The minimum absolute atomic E-state index is 0.0240. The molecule has 1 aromatic rings. The topological polar surface area (TPSA) is 137 Å². The van der Waals surface area contributed by atoms with Gasteiger partial charge in [-0.05, 0) is 47.1 Å². The third-order valence-electron chi connectivity index (χ3n) is 3.07. The molecule has 0 unspecified atom stereocenters. The third kappa shape index (κ3) is 13.8. The first kappa shape index (κ1) is 26.7. The molecule has 0 fully saturated rings. The summed E-state index contributed by atoms with van der Waals surface area (Å²) in [7, 11) is 0. The van der Waals surface area contributed by atoms with Gasteiger partial charge in [-0.2, -0.15) is 0 Å². The molecule has 0 aliphatic heterocycles. The van der Waals surface area contributed by atoms with E-state index in [0.717, 1.165) is 5.56 Å². The molecular weight excluding hydrogens is 420 g/mol. The van der Waals surface area contributed by atoms with E-state index in [2.05, 4.69) is 21.1 Å². The summed E-state index contributed by atoms with van der Waals surface area (Å²) >= 11 is 0. The number of hydrogen-bond acceptors (Lipinski definition) is 7. The van der Waals surface area contributed by atoms with Crippen molar-refractivity contribution in [3.05, 3.63) is 35.9 Å². The molecule has 0 aliphatic rings. The number of ether oxygens (including phenoxy) is 3. The van der Waals surface area contributed by atoms with Gasteiger partial charge in [0.15, 0.2) is 0 Å². The van der Waals surface area contributed by atoms with E-state index < -0.39 is 29.5 Å². The molecule has 0 aromatic heterocycles. The average Bonchev–Trinajstić information content (AvgIpc) is 2.63. The average molecular weight is 453 g/mol. The summed E-state index contributed by atoms with van der Waals surface area (Å²) in [5.74, 6) is -0.333. The highest BCUT2D eigenvalue weighted by atomic mass is 16.6. The fourth-order valence-electron chi connectivity index (χ4n) is 1.95. The second kappa shape index (κ2) is 12.5. The predicted octanol–water partition coefficient (Wildman–Crippen LogP) is 3.25. The van der Waals surface area contributed by atoms with E-state index >= 15 is 0 Å². The van der Waals surface area contributed by atoms with Crippen LogP contribution in [0.1, 0.15) is 47.1 Å². The molecule has 0 atom stereocenters. The number of amides is 3. The molecule has 0 bridgehead atoms. The molecule has 3 N–H and O–H groups in total. The molecule has 11 nitrogen and oxygen atoms in total. The van der Waals surface area contributed by atoms with Gasteiger partial charge in [0, 0.05) is 6.54 Å². The monoisotopic (exact) mass is 452 g/mol. The number of aliphatic imine (C=N–C) groups is 1. The molecule has 0 aliphatic carbocycles. The van der Waals surface area contributed by atoms with Gasteiger partial charge in [0.1, 0.15) is 17.8 Å². The molecule has 178 valence electrons. The molecule has 1 aromatic carbocycles. The van der Waals surface area contributed by atoms with E-state index in [1.54, 1.807) is 41.5 Å². The Bertz CT molecular complexity index is 784. The molecule has 0 saturated carbocycles. The summed E-state index contributed by atoms with van der Waals surface area (Å²) in [5.41, 5.74) is 1.65. The quantitative estimate of drug-likeness (QED) is 0.197. The van der Waals surface area contributed by atoms with Gasteiger partial charge in [0.2, 0.25) is 5.96 Å². The minimum atomic E-state index is -0.942. The van der Waals surface area contributed by atoms with E-state index in [1.807, 2.05) is 30.3 Å². The molecule has 0 spiro atoms. The first-order chi connectivity index (χ1) is 14.8. The highest BCUT2D eigenvalue weighted by Crippen LogP contribution is 2.08. The SMILES string of the molecule is CC(C)(C)OC(=O)/N=C(/NOCCNC(=O)OCc1ccccc1)NC(=O)OC(C)(C)C. The number of nitrogens with one attached hydrogen (secondary N) is 3. The van der Waals surface area contributed by atoms with Gasteiger partial charge < -0.3 is 19.5 Å². The molecule has 32 heavy (non-hydrogen) atoms. The zero-order valence-electron chi connectivity index (χ0n) is 19.3. The van der Waals surface area contributed by atoms with Crippen molar-refractivity contribution in [2.24, 2.45) is 4.99 Å². The third-order valence-corrected chi connectivity index (χ3v) is 3.07. The maximum atomic E-state index is 12.0. The molecular formula is C21H32N4O7. The lowest BCUT2D eigenvalue weighted by molar-refractivity contribution is 0.0520. The summed E-state index contributed by atoms with van der Waals surface area (Å²) in [6.07, 6.45) is -2.41. The predicted molar refractivity (Wildman–Crippen MR) is 117 cm³/mol. The van der Waals surface area contributed by atoms with E-state index in [1.165, 1.54) is 0 Å². The van der Waals surface area contributed by atoms with Crippen LogP contribution in [-0.2, 0) is 25.7 Å². The number of hydroxylamine groups is 1. The Hall–Kier alpha value is -3.34. The maximum absolute atomic E-state index is 12.0. The van der Waals surface area contributed by atoms with Gasteiger partial charge in [-0.1, -0.05) is 30.3 Å². The van der Waals surface area contributed by atoms with Crippen molar-refractivity contribution in [1.29, 1.82) is 0 Å². The summed E-state index contributed by atoms with van der Waals surface area (Å²) in [5, 5.41) is 4.77. The number of guanidine groups is 1. The summed E-state index contributed by atoms with van der Waals surface area (Å²) in [4.78, 5) is 44.4. The number of rotatable bonds is 6. The highest BCUT2D eigenvalue weighted by molar-refractivity contribution is 5.98. The van der Waals surface area contributed by atoms with Crippen LogP contribution in [-0.4, -0.2) is 48.6 Å². The number of benzene rings is 1. The van der Waals surface area contributed by atoms with Gasteiger partial charge in [-0.15, -0.1) is 4.99 Å². The van der Waals surface area contributed by atoms with Crippen molar-refractivity contribution >= 4 is 24.2 Å². The highest BCUT2D eigenvalue weighted by Gasteiger charge is 2.20. The lowest BCUT2D eigenvalue weighted by Crippen LogP contribution is -2.44. The van der Waals surface area contributed by atoms with Crippen LogP contribution in [0.2, 0.25) is 0 Å². The van der Waals surface area contributed by atoms with Gasteiger partial charge in [-0.3, -0.25) is 10.2 Å². The van der Waals surface area contributed by atoms with Crippen molar-refractivity contribution in [3.63, 3.8) is 0 Å². The zero-order valence-corrected chi connectivity index (χ0v) is 19.3. The van der Waals surface area contributed by atoms with Gasteiger partial charge in [0.25, 0.3) is 0 Å². The minimum Gasteiger partial charge on any atom is -0.445 e. The number of hydrogen-bond donors (Lipinski definition) is 3. The molecule has 1 rings (SSSR count). The lowest BCUT2D eigenvalue weighted by Gasteiger charge is -2.21. The number of carbonyl (C=O) groups is 3. The Kier molecular flexibility index (Phi) is 10.4. The molecule has 3 amide bonds. The van der Waals surface area contributed by atoms with Crippen LogP contribution in [0.5, 0.6) is 0 Å². The largest absolute Gasteiger partial charge is 0.445 e. The van der Waals surface area contributed by atoms with Gasteiger partial charge in [-0.25, -0.2) is 19.9 Å². The van der Waals surface area contributed by atoms with Crippen LogP contribution in [0, 0.1) is 0 Å². The maximum Gasteiger partial charge on any atom is 0.437 e. The summed E-state index contributed by atoms with van der Waals surface area (Å²) in [6, 6.07) is 9.23. The second-order valence-corrected chi connectivity index (χ2v) is 8.51. The number of nitrogens with zero attached hydrogens (tertiary/aromatic N) is 1. The molecule has 0 saturated heterocycles. The summed E-state index contributed by atoms with van der Waals surface area (Å²) < 4.78 is 15.3.